The van der Waals surface area contributed by atoms with Gasteiger partial charge in [0.2, 0.25) is 0 Å². The minimum Gasteiger partial charge on any atom is -0.307 e. The van der Waals surface area contributed by atoms with Crippen LogP contribution in [0.15, 0.2) is 130 Å². The van der Waals surface area contributed by atoms with Crippen molar-refractivity contribution in [2.75, 3.05) is 0 Å². The van der Waals surface area contributed by atoms with Crippen molar-refractivity contribution >= 4 is 53.7 Å². The van der Waals surface area contributed by atoms with Gasteiger partial charge in [0.05, 0.1) is 16.7 Å². The molecule has 6 heteroatoms. The van der Waals surface area contributed by atoms with Crippen molar-refractivity contribution in [2.24, 2.45) is 0 Å². The van der Waals surface area contributed by atoms with Crippen molar-refractivity contribution in [3.05, 3.63) is 130 Å². The molecule has 7 aromatic rings. The first-order chi connectivity index (χ1) is 19.2. The van der Waals surface area contributed by atoms with Gasteiger partial charge in [-0.2, -0.15) is 0 Å². The maximum atomic E-state index is 5.02. The highest BCUT2D eigenvalue weighted by atomic mass is 79.9. The molecule has 0 fully saturated rings. The molecule has 0 aliphatic heterocycles. The number of aromatic nitrogens is 4. The van der Waals surface area contributed by atoms with Crippen molar-refractivity contribution in [3.63, 3.8) is 0 Å². The number of hydrogen-bond donors (Lipinski definition) is 0. The van der Waals surface area contributed by atoms with Crippen LogP contribution in [0.2, 0.25) is 0 Å². The zero-order valence-corrected chi connectivity index (χ0v) is 23.8. The highest BCUT2D eigenvalue weighted by molar-refractivity contribution is 9.11. The fraction of sp³-hybridized carbons (Fsp3) is 0. The minimum absolute atomic E-state index is 0.641. The number of nitrogens with zero attached hydrogens (tertiary/aromatic N) is 4. The molecule has 2 heterocycles. The van der Waals surface area contributed by atoms with Gasteiger partial charge in [-0.05, 0) is 56.1 Å². The Balaban J connectivity index is 1.56. The molecule has 0 atom stereocenters. The lowest BCUT2D eigenvalue weighted by Crippen LogP contribution is -2.00. The molecule has 0 N–H and O–H groups in total. The second-order valence-corrected chi connectivity index (χ2v) is 10.9. The third kappa shape index (κ3) is 4.17. The smallest absolute Gasteiger partial charge is 0.164 e. The Morgan fingerprint density at radius 2 is 0.974 bits per heavy atom. The van der Waals surface area contributed by atoms with Gasteiger partial charge < -0.3 is 4.57 Å². The molecular formula is C33H20Br2N4. The molecular weight excluding hydrogens is 612 g/mol. The molecule has 0 amide bonds. The third-order valence-electron chi connectivity index (χ3n) is 6.80. The summed E-state index contributed by atoms with van der Waals surface area (Å²) in [5.74, 6) is 1.94. The maximum Gasteiger partial charge on any atom is 0.164 e. The van der Waals surface area contributed by atoms with Crippen molar-refractivity contribution in [1.29, 1.82) is 0 Å². The number of fused-ring (bicyclic) bond motifs is 3. The molecule has 0 aliphatic rings. The lowest BCUT2D eigenvalue weighted by molar-refractivity contribution is 1.08. The SMILES string of the molecule is Brc1cccc(Br)c1-n1c2ccccc2c2c(-c3nc(-c4ccccc4)nc(-c4ccccc4)n3)cccc21. The molecule has 0 unspecified atom stereocenters. The van der Waals surface area contributed by atoms with E-state index >= 15 is 0 Å². The predicted octanol–water partition coefficient (Wildman–Crippen LogP) is 9.49. The van der Waals surface area contributed by atoms with Crippen molar-refractivity contribution < 1.29 is 0 Å². The second kappa shape index (κ2) is 9.88. The molecule has 0 saturated carbocycles. The first-order valence-electron chi connectivity index (χ1n) is 12.5. The number of hydrogen-bond acceptors (Lipinski definition) is 3. The first kappa shape index (κ1) is 23.9. The summed E-state index contributed by atoms with van der Waals surface area (Å²) in [6, 6.07) is 41.1. The molecule has 0 radical (unpaired) electrons. The van der Waals surface area contributed by atoms with Crippen LogP contribution in [0.1, 0.15) is 0 Å². The Kier molecular flexibility index (Phi) is 6.06. The molecule has 186 valence electrons. The normalized spacial score (nSPS) is 11.3. The maximum absolute atomic E-state index is 5.02. The highest BCUT2D eigenvalue weighted by Gasteiger charge is 2.21. The first-order valence-corrected chi connectivity index (χ1v) is 14.1. The zero-order chi connectivity index (χ0) is 26.3. The van der Waals surface area contributed by atoms with Crippen molar-refractivity contribution in [2.45, 2.75) is 0 Å². The average Bonchev–Trinajstić information content (AvgIpc) is 3.32. The molecule has 0 aliphatic carbocycles. The van der Waals surface area contributed by atoms with Crippen molar-refractivity contribution in [1.82, 2.24) is 19.5 Å². The summed E-state index contributed by atoms with van der Waals surface area (Å²) in [7, 11) is 0. The van der Waals surface area contributed by atoms with Crippen LogP contribution in [-0.2, 0) is 0 Å². The Morgan fingerprint density at radius 1 is 0.462 bits per heavy atom. The Labute approximate surface area is 242 Å². The van der Waals surface area contributed by atoms with E-state index in [0.29, 0.717) is 17.5 Å². The van der Waals surface area contributed by atoms with Crippen LogP contribution in [0, 0.1) is 0 Å². The van der Waals surface area contributed by atoms with Crippen molar-refractivity contribution in [3.8, 4) is 39.9 Å². The lowest BCUT2D eigenvalue weighted by Gasteiger charge is -2.13. The second-order valence-electron chi connectivity index (χ2n) is 9.16. The van der Waals surface area contributed by atoms with Gasteiger partial charge in [0.1, 0.15) is 0 Å². The summed E-state index contributed by atoms with van der Waals surface area (Å²) < 4.78 is 4.30. The number of rotatable bonds is 4. The van der Waals surface area contributed by atoms with Crippen LogP contribution in [0.4, 0.5) is 0 Å². The summed E-state index contributed by atoms with van der Waals surface area (Å²) in [6.07, 6.45) is 0. The summed E-state index contributed by atoms with van der Waals surface area (Å²) in [4.78, 5) is 14.9. The zero-order valence-electron chi connectivity index (χ0n) is 20.6. The molecule has 5 aromatic carbocycles. The van der Waals surface area contributed by atoms with E-state index in [1.165, 1.54) is 0 Å². The summed E-state index contributed by atoms with van der Waals surface area (Å²) in [6.45, 7) is 0. The van der Waals surface area contributed by atoms with Crippen LogP contribution in [0.3, 0.4) is 0 Å². The van der Waals surface area contributed by atoms with Gasteiger partial charge in [-0.25, -0.2) is 15.0 Å². The van der Waals surface area contributed by atoms with E-state index in [-0.39, 0.29) is 0 Å². The van der Waals surface area contributed by atoms with Gasteiger partial charge in [0.15, 0.2) is 17.5 Å². The highest BCUT2D eigenvalue weighted by Crippen LogP contribution is 2.41. The van der Waals surface area contributed by atoms with Gasteiger partial charge in [-0.3, -0.25) is 0 Å². The Hall–Kier alpha value is -4.13. The average molecular weight is 632 g/mol. The van der Waals surface area contributed by atoms with E-state index in [9.17, 15) is 0 Å². The number of para-hydroxylation sites is 2. The van der Waals surface area contributed by atoms with Crippen LogP contribution in [0.5, 0.6) is 0 Å². The monoisotopic (exact) mass is 630 g/mol. The standard InChI is InChI=1S/C33H20Br2N4/c34-25-17-10-18-26(35)30(25)39-27-19-8-7-15-23(27)29-24(16-9-20-28(29)39)33-37-31(21-11-3-1-4-12-21)36-32(38-33)22-13-5-2-6-14-22/h1-20H. The molecule has 4 nitrogen and oxygen atoms in total. The quantitative estimate of drug-likeness (QED) is 0.194. The van der Waals surface area contributed by atoms with Crippen LogP contribution < -0.4 is 0 Å². The molecule has 0 saturated heterocycles. The van der Waals surface area contributed by atoms with Gasteiger partial charge in [0, 0.05) is 36.4 Å². The molecule has 0 spiro atoms. The van der Waals surface area contributed by atoms with Crippen LogP contribution in [-0.4, -0.2) is 19.5 Å². The van der Waals surface area contributed by atoms with E-state index in [1.807, 2.05) is 66.7 Å². The fourth-order valence-electron chi connectivity index (χ4n) is 5.08. The largest absolute Gasteiger partial charge is 0.307 e. The molecule has 2 aromatic heterocycles. The molecule has 0 bridgehead atoms. The topological polar surface area (TPSA) is 43.6 Å². The van der Waals surface area contributed by atoms with Gasteiger partial charge in [-0.15, -0.1) is 0 Å². The summed E-state index contributed by atoms with van der Waals surface area (Å²) in [5, 5.41) is 2.23. The van der Waals surface area contributed by atoms with E-state index in [0.717, 1.165) is 53.1 Å². The predicted molar refractivity (Wildman–Crippen MR) is 166 cm³/mol. The third-order valence-corrected chi connectivity index (χ3v) is 8.08. The van der Waals surface area contributed by atoms with Gasteiger partial charge in [0.25, 0.3) is 0 Å². The van der Waals surface area contributed by atoms with E-state index in [1.54, 1.807) is 0 Å². The number of benzene rings is 5. The Bertz CT molecular complexity index is 1910. The Morgan fingerprint density at radius 3 is 1.62 bits per heavy atom. The van der Waals surface area contributed by atoms with E-state index in [4.69, 9.17) is 15.0 Å². The number of halogens is 2. The van der Waals surface area contributed by atoms with Crippen LogP contribution >= 0.6 is 31.9 Å². The van der Waals surface area contributed by atoms with E-state index in [2.05, 4.69) is 91.0 Å². The fourth-order valence-corrected chi connectivity index (χ4v) is 6.43. The summed E-state index contributed by atoms with van der Waals surface area (Å²) >= 11 is 7.58. The molecule has 7 rings (SSSR count). The van der Waals surface area contributed by atoms with Gasteiger partial charge in [-0.1, -0.05) is 97.1 Å². The van der Waals surface area contributed by atoms with Gasteiger partial charge >= 0.3 is 0 Å². The summed E-state index contributed by atoms with van der Waals surface area (Å²) in [5.41, 5.74) is 6.08. The van der Waals surface area contributed by atoms with Crippen LogP contribution in [0.25, 0.3) is 61.7 Å². The minimum atomic E-state index is 0.641. The lowest BCUT2D eigenvalue weighted by atomic mass is 10.1. The van der Waals surface area contributed by atoms with E-state index < -0.39 is 0 Å². The molecule has 39 heavy (non-hydrogen) atoms.